The van der Waals surface area contributed by atoms with Gasteiger partial charge in [0, 0.05) is 12.0 Å². The first-order valence-corrected chi connectivity index (χ1v) is 9.74. The first-order valence-electron chi connectivity index (χ1n) is 7.21. The van der Waals surface area contributed by atoms with Crippen LogP contribution in [0.5, 0.6) is 0 Å². The molecule has 0 aliphatic heterocycles. The molecule has 114 valence electrons. The summed E-state index contributed by atoms with van der Waals surface area (Å²) in [5, 5.41) is 0. The summed E-state index contributed by atoms with van der Waals surface area (Å²) in [7, 11) is -0.354. The molecule has 0 aliphatic rings. The van der Waals surface area contributed by atoms with Crippen molar-refractivity contribution in [3.8, 4) is 0 Å². The predicted octanol–water partition coefficient (Wildman–Crippen LogP) is 4.24. The Bertz CT molecular complexity index is 348. The number of ether oxygens (including phenoxy) is 1. The molecule has 20 heavy (non-hydrogen) atoms. The van der Waals surface area contributed by atoms with Crippen molar-refractivity contribution >= 4 is 14.3 Å². The molecule has 0 radical (unpaired) electrons. The second kappa shape index (κ2) is 9.72. The van der Waals surface area contributed by atoms with Crippen LogP contribution in [0, 0.1) is 0 Å². The fraction of sp³-hybridized carbons (Fsp3) is 0.562. The zero-order chi connectivity index (χ0) is 15.6. The highest BCUT2D eigenvalue weighted by atomic mass is 28.4. The van der Waals surface area contributed by atoms with Crippen molar-refractivity contribution < 1.29 is 14.0 Å². The minimum atomic E-state index is -1.72. The lowest BCUT2D eigenvalue weighted by molar-refractivity contribution is -0.136. The highest BCUT2D eigenvalue weighted by molar-refractivity contribution is 6.73. The average molecular weight is 296 g/mol. The van der Waals surface area contributed by atoms with E-state index in [9.17, 15) is 4.79 Å². The third-order valence-corrected chi connectivity index (χ3v) is 8.39. The Labute approximate surface area is 124 Å². The van der Waals surface area contributed by atoms with Crippen LogP contribution < -0.4 is 0 Å². The summed E-state index contributed by atoms with van der Waals surface area (Å²) in [4.78, 5) is 11.5. The topological polar surface area (TPSA) is 35.5 Å². The van der Waals surface area contributed by atoms with Crippen LogP contribution in [0.1, 0.15) is 27.2 Å². The molecule has 4 heteroatoms. The van der Waals surface area contributed by atoms with Crippen molar-refractivity contribution in [1.29, 1.82) is 0 Å². The molecule has 0 aromatic heterocycles. The lowest BCUT2D eigenvalue weighted by Gasteiger charge is -2.32. The fourth-order valence-electron chi connectivity index (χ4n) is 2.14. The van der Waals surface area contributed by atoms with Crippen LogP contribution in [-0.4, -0.2) is 27.5 Å². The molecule has 0 spiro atoms. The number of rotatable bonds is 10. The van der Waals surface area contributed by atoms with Gasteiger partial charge < -0.3 is 9.16 Å². The van der Waals surface area contributed by atoms with Gasteiger partial charge in [0.05, 0.1) is 13.2 Å². The molecule has 0 amide bonds. The Kier molecular flexibility index (Phi) is 9.17. The smallest absolute Gasteiger partial charge is 0.333 e. The number of carbonyl (C=O) groups excluding carboxylic acids is 1. The molecule has 0 aromatic rings. The van der Waals surface area contributed by atoms with E-state index in [0.29, 0.717) is 12.0 Å². The van der Waals surface area contributed by atoms with E-state index < -0.39 is 8.32 Å². The maximum absolute atomic E-state index is 11.5. The van der Waals surface area contributed by atoms with Crippen molar-refractivity contribution in [2.24, 2.45) is 0 Å². The maximum Gasteiger partial charge on any atom is 0.333 e. The molecule has 0 fully saturated rings. The number of esters is 1. The van der Waals surface area contributed by atoms with Gasteiger partial charge in [0.1, 0.15) is 0 Å². The van der Waals surface area contributed by atoms with Gasteiger partial charge in [-0.15, -0.1) is 0 Å². The lowest BCUT2D eigenvalue weighted by Crippen LogP contribution is -2.39. The molecule has 0 N–H and O–H groups in total. The number of hydrogen-bond acceptors (Lipinski definition) is 3. The van der Waals surface area contributed by atoms with Crippen molar-refractivity contribution in [2.45, 2.75) is 51.4 Å². The summed E-state index contributed by atoms with van der Waals surface area (Å²) in [5.74, 6) is -0.373. The van der Waals surface area contributed by atoms with E-state index in [1.54, 1.807) is 6.08 Å². The Morgan fingerprint density at radius 3 is 2.20 bits per heavy atom. The van der Waals surface area contributed by atoms with Crippen molar-refractivity contribution in [3.63, 3.8) is 0 Å². The van der Waals surface area contributed by atoms with Gasteiger partial charge in [-0.1, -0.05) is 52.2 Å². The number of methoxy groups -OCH3 is 1. The molecule has 0 saturated heterocycles. The molecule has 1 atom stereocenters. The molecular weight excluding hydrogens is 268 g/mol. The minimum Gasteiger partial charge on any atom is -0.466 e. The summed E-state index contributed by atoms with van der Waals surface area (Å²) in [6, 6.07) is 3.22. The largest absolute Gasteiger partial charge is 0.466 e. The Balaban J connectivity index is 4.97. The van der Waals surface area contributed by atoms with Gasteiger partial charge >= 0.3 is 5.97 Å². The number of allylic oxidation sites excluding steroid dienone is 2. The first-order chi connectivity index (χ1) is 9.48. The Hall–Kier alpha value is -1.13. The van der Waals surface area contributed by atoms with Crippen molar-refractivity contribution in [1.82, 2.24) is 0 Å². The molecule has 0 aliphatic carbocycles. The van der Waals surface area contributed by atoms with Crippen LogP contribution >= 0.6 is 0 Å². The first kappa shape index (κ1) is 18.9. The summed E-state index contributed by atoms with van der Waals surface area (Å²) < 4.78 is 11.1. The third-order valence-electron chi connectivity index (χ3n) is 3.72. The molecule has 0 unspecified atom stereocenters. The third kappa shape index (κ3) is 5.88. The van der Waals surface area contributed by atoms with Gasteiger partial charge in [-0.05, 0) is 18.1 Å². The Morgan fingerprint density at radius 1 is 1.25 bits per heavy atom. The van der Waals surface area contributed by atoms with E-state index in [1.807, 2.05) is 12.2 Å². The molecule has 0 heterocycles. The van der Waals surface area contributed by atoms with E-state index >= 15 is 0 Å². The highest BCUT2D eigenvalue weighted by Gasteiger charge is 2.31. The van der Waals surface area contributed by atoms with Crippen LogP contribution in [0.2, 0.25) is 18.1 Å². The maximum atomic E-state index is 11.5. The van der Waals surface area contributed by atoms with Crippen molar-refractivity contribution in [2.75, 3.05) is 7.11 Å². The van der Waals surface area contributed by atoms with Crippen LogP contribution in [0.15, 0.2) is 37.0 Å². The average Bonchev–Trinajstić information content (AvgIpc) is 2.49. The van der Waals surface area contributed by atoms with E-state index in [1.165, 1.54) is 7.11 Å². The molecule has 0 bridgehead atoms. The minimum absolute atomic E-state index is 0.133. The van der Waals surface area contributed by atoms with Gasteiger partial charge in [0.25, 0.3) is 0 Å². The predicted molar refractivity (Wildman–Crippen MR) is 87.2 cm³/mol. The van der Waals surface area contributed by atoms with E-state index in [0.717, 1.165) is 18.1 Å². The molecule has 0 aromatic carbocycles. The van der Waals surface area contributed by atoms with Gasteiger partial charge in [-0.25, -0.2) is 4.79 Å². The van der Waals surface area contributed by atoms with Gasteiger partial charge in [-0.3, -0.25) is 0 Å². The zero-order valence-corrected chi connectivity index (χ0v) is 14.3. The second-order valence-electron chi connectivity index (χ2n) is 4.82. The normalized spacial score (nSPS) is 13.2. The monoisotopic (exact) mass is 296 g/mol. The van der Waals surface area contributed by atoms with Gasteiger partial charge in [0.15, 0.2) is 8.32 Å². The van der Waals surface area contributed by atoms with E-state index in [4.69, 9.17) is 9.16 Å². The molecule has 0 saturated carbocycles. The van der Waals surface area contributed by atoms with Crippen molar-refractivity contribution in [3.05, 3.63) is 37.0 Å². The van der Waals surface area contributed by atoms with Gasteiger partial charge in [-0.2, -0.15) is 0 Å². The fourth-order valence-corrected chi connectivity index (χ4v) is 4.95. The number of carbonyl (C=O) groups is 1. The Morgan fingerprint density at radius 2 is 1.80 bits per heavy atom. The van der Waals surface area contributed by atoms with Crippen LogP contribution in [0.4, 0.5) is 0 Å². The quantitative estimate of drug-likeness (QED) is 0.262. The second-order valence-corrected chi connectivity index (χ2v) is 9.54. The summed E-state index contributed by atoms with van der Waals surface area (Å²) in [6.07, 6.45) is 5.85. The summed E-state index contributed by atoms with van der Waals surface area (Å²) >= 11 is 0. The summed E-state index contributed by atoms with van der Waals surface area (Å²) in [6.45, 7) is 14.0. The van der Waals surface area contributed by atoms with Crippen LogP contribution in [-0.2, 0) is 14.0 Å². The van der Waals surface area contributed by atoms with Crippen LogP contribution in [0.3, 0.4) is 0 Å². The zero-order valence-electron chi connectivity index (χ0n) is 13.3. The highest BCUT2D eigenvalue weighted by Crippen LogP contribution is 2.26. The molecule has 3 nitrogen and oxygen atoms in total. The van der Waals surface area contributed by atoms with E-state index in [-0.39, 0.29) is 12.1 Å². The number of hydrogen-bond donors (Lipinski definition) is 0. The SMILES string of the molecule is C=C/C=C/[C@H](CC(=C)C(=O)OC)O[Si](CC)(CC)CC. The molecular formula is C16H28O3Si. The van der Waals surface area contributed by atoms with Gasteiger partial charge in [0.2, 0.25) is 0 Å². The summed E-state index contributed by atoms with van der Waals surface area (Å²) in [5.41, 5.74) is 0.442. The molecule has 0 rings (SSSR count). The standard InChI is InChI=1S/C16H28O3Si/c1-7-11-12-15(13-14(5)16(17)18-6)19-20(8-2,9-3)10-4/h7,11-12,15H,1,5,8-10,13H2,2-4,6H3/b12-11+/t15-/m1/s1. The lowest BCUT2D eigenvalue weighted by atomic mass is 10.1. The van der Waals surface area contributed by atoms with Crippen LogP contribution in [0.25, 0.3) is 0 Å². The van der Waals surface area contributed by atoms with E-state index in [2.05, 4.69) is 33.9 Å².